The van der Waals surface area contributed by atoms with Gasteiger partial charge in [0, 0.05) is 12.1 Å². The minimum atomic E-state index is -0.558. The molecule has 3 aromatic rings. The minimum absolute atomic E-state index is 0.0320. The molecule has 0 spiro atoms. The summed E-state index contributed by atoms with van der Waals surface area (Å²) >= 11 is 0. The van der Waals surface area contributed by atoms with Crippen molar-refractivity contribution < 1.29 is 14.3 Å². The summed E-state index contributed by atoms with van der Waals surface area (Å²) < 4.78 is 10.4. The van der Waals surface area contributed by atoms with Crippen LogP contribution in [0.3, 0.4) is 0 Å². The van der Waals surface area contributed by atoms with Crippen LogP contribution in [0.2, 0.25) is 0 Å². The molecule has 4 rings (SSSR count). The van der Waals surface area contributed by atoms with E-state index in [0.29, 0.717) is 17.5 Å². The largest absolute Gasteiger partial charge is 0.497 e. The van der Waals surface area contributed by atoms with Gasteiger partial charge in [0.2, 0.25) is 0 Å². The lowest BCUT2D eigenvalue weighted by atomic mass is 9.81. The SMILES string of the molecule is COc1ccc([C@H](O)[C@H](C)N[C@H]2CC[C@H](c3ccc4[nH]c(=O)oc4c3)CC2)cc1. The lowest BCUT2D eigenvalue weighted by molar-refractivity contribution is 0.124. The molecular weight excluding hydrogens is 368 g/mol. The topological polar surface area (TPSA) is 87.5 Å². The number of ether oxygens (including phenoxy) is 1. The number of methoxy groups -OCH3 is 1. The third-order valence-electron chi connectivity index (χ3n) is 6.07. The van der Waals surface area contributed by atoms with E-state index in [0.717, 1.165) is 42.5 Å². The fourth-order valence-electron chi connectivity index (χ4n) is 4.36. The second-order valence-corrected chi connectivity index (χ2v) is 7.99. The van der Waals surface area contributed by atoms with Gasteiger partial charge in [-0.15, -0.1) is 0 Å². The molecule has 1 heterocycles. The molecule has 29 heavy (non-hydrogen) atoms. The van der Waals surface area contributed by atoms with Gasteiger partial charge in [-0.05, 0) is 73.9 Å². The number of rotatable bonds is 6. The van der Waals surface area contributed by atoms with E-state index < -0.39 is 11.9 Å². The zero-order chi connectivity index (χ0) is 20.4. The number of H-pyrrole nitrogens is 1. The van der Waals surface area contributed by atoms with E-state index in [1.807, 2.05) is 43.3 Å². The summed E-state index contributed by atoms with van der Waals surface area (Å²) in [7, 11) is 1.64. The molecule has 1 saturated carbocycles. The molecule has 2 atom stereocenters. The van der Waals surface area contributed by atoms with Crippen molar-refractivity contribution in [2.24, 2.45) is 0 Å². The van der Waals surface area contributed by atoms with Crippen molar-refractivity contribution >= 4 is 11.1 Å². The first-order valence-electron chi connectivity index (χ1n) is 10.2. The van der Waals surface area contributed by atoms with E-state index in [9.17, 15) is 9.90 Å². The third-order valence-corrected chi connectivity index (χ3v) is 6.07. The third kappa shape index (κ3) is 4.38. The Morgan fingerprint density at radius 3 is 2.55 bits per heavy atom. The fourth-order valence-corrected chi connectivity index (χ4v) is 4.36. The van der Waals surface area contributed by atoms with Crippen LogP contribution in [0, 0.1) is 0 Å². The average molecular weight is 396 g/mol. The van der Waals surface area contributed by atoms with Crippen molar-refractivity contribution in [1.29, 1.82) is 0 Å². The maximum atomic E-state index is 11.4. The Balaban J connectivity index is 1.33. The lowest BCUT2D eigenvalue weighted by Crippen LogP contribution is -2.41. The van der Waals surface area contributed by atoms with Gasteiger partial charge in [0.25, 0.3) is 0 Å². The van der Waals surface area contributed by atoms with E-state index >= 15 is 0 Å². The molecule has 154 valence electrons. The zero-order valence-electron chi connectivity index (χ0n) is 16.9. The molecule has 2 aromatic carbocycles. The van der Waals surface area contributed by atoms with Crippen LogP contribution in [0.25, 0.3) is 11.1 Å². The highest BCUT2D eigenvalue weighted by atomic mass is 16.5. The molecule has 1 aliphatic carbocycles. The van der Waals surface area contributed by atoms with Crippen LogP contribution in [0.4, 0.5) is 0 Å². The number of aromatic nitrogens is 1. The van der Waals surface area contributed by atoms with Crippen molar-refractivity contribution in [3.63, 3.8) is 0 Å². The number of aliphatic hydroxyl groups excluding tert-OH is 1. The molecule has 1 fully saturated rings. The second-order valence-electron chi connectivity index (χ2n) is 7.99. The average Bonchev–Trinajstić information content (AvgIpc) is 3.13. The van der Waals surface area contributed by atoms with Gasteiger partial charge in [0.1, 0.15) is 5.75 Å². The van der Waals surface area contributed by atoms with Gasteiger partial charge < -0.3 is 19.6 Å². The van der Waals surface area contributed by atoms with Crippen molar-refractivity contribution in [3.05, 3.63) is 64.1 Å². The van der Waals surface area contributed by atoms with Crippen LogP contribution in [0.15, 0.2) is 51.7 Å². The summed E-state index contributed by atoms with van der Waals surface area (Å²) in [6.07, 6.45) is 3.70. The van der Waals surface area contributed by atoms with Crippen molar-refractivity contribution in [1.82, 2.24) is 10.3 Å². The molecule has 0 radical (unpaired) electrons. The summed E-state index contributed by atoms with van der Waals surface area (Å²) in [6.45, 7) is 2.03. The van der Waals surface area contributed by atoms with E-state index in [2.05, 4.69) is 16.4 Å². The van der Waals surface area contributed by atoms with E-state index in [1.165, 1.54) is 5.56 Å². The lowest BCUT2D eigenvalue weighted by Gasteiger charge is -2.33. The Kier molecular flexibility index (Phi) is 5.74. The van der Waals surface area contributed by atoms with E-state index in [1.54, 1.807) is 7.11 Å². The maximum Gasteiger partial charge on any atom is 0.417 e. The highest BCUT2D eigenvalue weighted by Gasteiger charge is 2.26. The van der Waals surface area contributed by atoms with Gasteiger partial charge >= 0.3 is 5.76 Å². The van der Waals surface area contributed by atoms with Crippen molar-refractivity contribution in [2.45, 2.75) is 56.7 Å². The van der Waals surface area contributed by atoms with Gasteiger partial charge in [-0.25, -0.2) is 4.79 Å². The van der Waals surface area contributed by atoms with E-state index in [4.69, 9.17) is 9.15 Å². The van der Waals surface area contributed by atoms with Gasteiger partial charge in [-0.3, -0.25) is 4.98 Å². The predicted molar refractivity (Wildman–Crippen MR) is 112 cm³/mol. The molecule has 0 unspecified atom stereocenters. The minimum Gasteiger partial charge on any atom is -0.497 e. The quantitative estimate of drug-likeness (QED) is 0.589. The van der Waals surface area contributed by atoms with Crippen LogP contribution in [-0.4, -0.2) is 29.3 Å². The fraction of sp³-hybridized carbons (Fsp3) is 0.435. The van der Waals surface area contributed by atoms with Crippen molar-refractivity contribution in [3.8, 4) is 5.75 Å². The first kappa shape index (κ1) is 19.7. The molecule has 6 heteroatoms. The van der Waals surface area contributed by atoms with Gasteiger partial charge in [-0.2, -0.15) is 0 Å². The predicted octanol–water partition coefficient (Wildman–Crippen LogP) is 3.87. The molecule has 0 amide bonds. The van der Waals surface area contributed by atoms with Crippen LogP contribution in [-0.2, 0) is 0 Å². The first-order chi connectivity index (χ1) is 14.0. The first-order valence-corrected chi connectivity index (χ1v) is 10.2. The zero-order valence-corrected chi connectivity index (χ0v) is 16.9. The molecule has 6 nitrogen and oxygen atoms in total. The van der Waals surface area contributed by atoms with Crippen LogP contribution >= 0.6 is 0 Å². The van der Waals surface area contributed by atoms with E-state index in [-0.39, 0.29) is 6.04 Å². The smallest absolute Gasteiger partial charge is 0.417 e. The Labute approximate surface area is 169 Å². The molecule has 0 aliphatic heterocycles. The van der Waals surface area contributed by atoms with Gasteiger partial charge in [0.15, 0.2) is 5.58 Å². The summed E-state index contributed by atoms with van der Waals surface area (Å²) in [5.74, 6) is 0.853. The number of aliphatic hydroxyl groups is 1. The maximum absolute atomic E-state index is 11.4. The Bertz CT molecular complexity index is 1000. The number of hydrogen-bond acceptors (Lipinski definition) is 5. The summed E-state index contributed by atoms with van der Waals surface area (Å²) in [5, 5.41) is 14.3. The summed E-state index contributed by atoms with van der Waals surface area (Å²) in [6, 6.07) is 13.9. The normalized spacial score (nSPS) is 21.8. The Hall–Kier alpha value is -2.57. The summed E-state index contributed by atoms with van der Waals surface area (Å²) in [4.78, 5) is 14.0. The number of nitrogens with one attached hydrogen (secondary N) is 2. The Morgan fingerprint density at radius 2 is 1.86 bits per heavy atom. The monoisotopic (exact) mass is 396 g/mol. The standard InChI is InChI=1S/C23H28N2O4/c1-14(22(26)16-5-10-19(28-2)11-6-16)24-18-8-3-15(4-9-18)17-7-12-20-21(13-17)29-23(27)25-20/h5-7,10-15,18,22,24,26H,3-4,8-9H2,1-2H3,(H,25,27)/t14-,15-,18-,22+/m0/s1. The van der Waals surface area contributed by atoms with Crippen LogP contribution in [0.5, 0.6) is 5.75 Å². The number of benzene rings is 2. The number of aromatic amines is 1. The van der Waals surface area contributed by atoms with Crippen LogP contribution < -0.4 is 15.8 Å². The number of oxazole rings is 1. The molecule has 1 aliphatic rings. The summed E-state index contributed by atoms with van der Waals surface area (Å²) in [5.41, 5.74) is 3.49. The molecule has 3 N–H and O–H groups in total. The Morgan fingerprint density at radius 1 is 1.14 bits per heavy atom. The highest BCUT2D eigenvalue weighted by Crippen LogP contribution is 2.34. The highest BCUT2D eigenvalue weighted by molar-refractivity contribution is 5.72. The van der Waals surface area contributed by atoms with Crippen molar-refractivity contribution in [2.75, 3.05) is 7.11 Å². The van der Waals surface area contributed by atoms with Gasteiger partial charge in [0.05, 0.1) is 18.7 Å². The second kappa shape index (κ2) is 8.43. The molecular formula is C23H28N2O4. The molecule has 0 saturated heterocycles. The number of hydrogen-bond donors (Lipinski definition) is 3. The van der Waals surface area contributed by atoms with Gasteiger partial charge in [-0.1, -0.05) is 18.2 Å². The van der Waals surface area contributed by atoms with Crippen LogP contribution in [0.1, 0.15) is 55.8 Å². The number of fused-ring (bicyclic) bond motifs is 1. The molecule has 0 bridgehead atoms. The molecule has 1 aromatic heterocycles.